The standard InChI is InChI=1S/C15H17N3O3S/c1-3-22(20,21)18-15-9-8-14(10-16-15)17-13-6-4-12(5-7-13)11(2)19/h4-10,17H,3H2,1-2H3,(H,16,18). The fourth-order valence-electron chi connectivity index (χ4n) is 1.71. The van der Waals surface area contributed by atoms with Crippen LogP contribution in [0.4, 0.5) is 17.2 Å². The van der Waals surface area contributed by atoms with Gasteiger partial charge in [-0.05, 0) is 50.2 Å². The van der Waals surface area contributed by atoms with Crippen LogP contribution in [0.2, 0.25) is 0 Å². The van der Waals surface area contributed by atoms with Crippen LogP contribution in [0.3, 0.4) is 0 Å². The SMILES string of the molecule is CCS(=O)(=O)Nc1ccc(Nc2ccc(C(C)=O)cc2)cn1. The van der Waals surface area contributed by atoms with Crippen LogP contribution in [-0.2, 0) is 10.0 Å². The highest BCUT2D eigenvalue weighted by Gasteiger charge is 2.07. The summed E-state index contributed by atoms with van der Waals surface area (Å²) >= 11 is 0. The third-order valence-corrected chi connectivity index (χ3v) is 4.26. The molecule has 22 heavy (non-hydrogen) atoms. The van der Waals surface area contributed by atoms with E-state index >= 15 is 0 Å². The molecular formula is C15H17N3O3S. The van der Waals surface area contributed by atoms with E-state index in [1.54, 1.807) is 43.3 Å². The number of carbonyl (C=O) groups excluding carboxylic acids is 1. The normalized spacial score (nSPS) is 11.0. The maximum atomic E-state index is 11.4. The Morgan fingerprint density at radius 1 is 1.09 bits per heavy atom. The predicted molar refractivity (Wildman–Crippen MR) is 87.0 cm³/mol. The molecule has 0 aliphatic rings. The number of carbonyl (C=O) groups is 1. The number of hydrogen-bond donors (Lipinski definition) is 2. The zero-order valence-corrected chi connectivity index (χ0v) is 13.1. The number of benzene rings is 1. The van der Waals surface area contributed by atoms with Crippen LogP contribution >= 0.6 is 0 Å². The third kappa shape index (κ3) is 4.29. The van der Waals surface area contributed by atoms with E-state index in [1.165, 1.54) is 13.1 Å². The topological polar surface area (TPSA) is 88.2 Å². The molecule has 1 aromatic carbocycles. The van der Waals surface area contributed by atoms with Gasteiger partial charge in [0.1, 0.15) is 5.82 Å². The van der Waals surface area contributed by atoms with Crippen molar-refractivity contribution in [1.29, 1.82) is 0 Å². The van der Waals surface area contributed by atoms with E-state index in [9.17, 15) is 13.2 Å². The highest BCUT2D eigenvalue weighted by atomic mass is 32.2. The molecule has 2 N–H and O–H groups in total. The summed E-state index contributed by atoms with van der Waals surface area (Å²) in [6.45, 7) is 3.07. The van der Waals surface area contributed by atoms with E-state index < -0.39 is 10.0 Å². The number of rotatable bonds is 6. The molecule has 0 radical (unpaired) electrons. The molecule has 1 aromatic heterocycles. The minimum atomic E-state index is -3.32. The number of ketones is 1. The molecule has 1 heterocycles. The van der Waals surface area contributed by atoms with E-state index in [2.05, 4.69) is 15.0 Å². The summed E-state index contributed by atoms with van der Waals surface area (Å²) in [4.78, 5) is 15.3. The van der Waals surface area contributed by atoms with Gasteiger partial charge in [0, 0.05) is 11.3 Å². The van der Waals surface area contributed by atoms with Crippen molar-refractivity contribution < 1.29 is 13.2 Å². The van der Waals surface area contributed by atoms with Crippen molar-refractivity contribution in [2.75, 3.05) is 15.8 Å². The van der Waals surface area contributed by atoms with Crippen molar-refractivity contribution in [2.24, 2.45) is 0 Å². The van der Waals surface area contributed by atoms with Crippen LogP contribution < -0.4 is 10.0 Å². The van der Waals surface area contributed by atoms with Crippen molar-refractivity contribution in [2.45, 2.75) is 13.8 Å². The van der Waals surface area contributed by atoms with Crippen LogP contribution in [-0.4, -0.2) is 24.9 Å². The van der Waals surface area contributed by atoms with E-state index in [0.717, 1.165) is 11.4 Å². The van der Waals surface area contributed by atoms with Gasteiger partial charge in [-0.25, -0.2) is 13.4 Å². The largest absolute Gasteiger partial charge is 0.354 e. The van der Waals surface area contributed by atoms with Crippen molar-refractivity contribution >= 4 is 33.0 Å². The maximum Gasteiger partial charge on any atom is 0.233 e. The Morgan fingerprint density at radius 3 is 2.23 bits per heavy atom. The van der Waals surface area contributed by atoms with Gasteiger partial charge in [0.2, 0.25) is 10.0 Å². The van der Waals surface area contributed by atoms with Crippen LogP contribution in [0.5, 0.6) is 0 Å². The van der Waals surface area contributed by atoms with Crippen LogP contribution in [0.25, 0.3) is 0 Å². The molecule has 0 aliphatic heterocycles. The zero-order valence-electron chi connectivity index (χ0n) is 12.3. The first-order valence-electron chi connectivity index (χ1n) is 6.74. The number of sulfonamides is 1. The molecule has 7 heteroatoms. The fraction of sp³-hybridized carbons (Fsp3) is 0.200. The molecule has 0 aliphatic carbocycles. The average Bonchev–Trinajstić information content (AvgIpc) is 2.49. The van der Waals surface area contributed by atoms with Gasteiger partial charge in [-0.1, -0.05) is 0 Å². The Kier molecular flexibility index (Phi) is 4.77. The number of Topliss-reactive ketones (excluding diaryl/α,β-unsaturated/α-hetero) is 1. The Bertz CT molecular complexity index is 754. The Balaban J connectivity index is 2.06. The highest BCUT2D eigenvalue weighted by Crippen LogP contribution is 2.18. The van der Waals surface area contributed by atoms with Crippen molar-refractivity contribution in [3.63, 3.8) is 0 Å². The number of pyridine rings is 1. The average molecular weight is 319 g/mol. The second-order valence-corrected chi connectivity index (χ2v) is 6.71. The van der Waals surface area contributed by atoms with E-state index in [-0.39, 0.29) is 17.4 Å². The lowest BCUT2D eigenvalue weighted by Crippen LogP contribution is -2.15. The molecule has 0 unspecified atom stereocenters. The first-order chi connectivity index (χ1) is 10.4. The lowest BCUT2D eigenvalue weighted by Gasteiger charge is -2.08. The molecular weight excluding hydrogens is 302 g/mol. The number of anilines is 3. The predicted octanol–water partition coefficient (Wildman–Crippen LogP) is 2.79. The summed E-state index contributed by atoms with van der Waals surface area (Å²) in [7, 11) is -3.32. The van der Waals surface area contributed by atoms with Crippen molar-refractivity contribution in [3.8, 4) is 0 Å². The number of nitrogens with zero attached hydrogens (tertiary/aromatic N) is 1. The quantitative estimate of drug-likeness (QED) is 0.799. The van der Waals surface area contributed by atoms with Gasteiger partial charge in [0.05, 0.1) is 17.6 Å². The maximum absolute atomic E-state index is 11.4. The van der Waals surface area contributed by atoms with E-state index in [0.29, 0.717) is 5.56 Å². The summed E-state index contributed by atoms with van der Waals surface area (Å²) in [5, 5.41) is 3.12. The molecule has 0 bridgehead atoms. The summed E-state index contributed by atoms with van der Waals surface area (Å²) in [5.41, 5.74) is 2.18. The van der Waals surface area contributed by atoms with Gasteiger partial charge < -0.3 is 5.32 Å². The van der Waals surface area contributed by atoms with Gasteiger partial charge in [0.25, 0.3) is 0 Å². The Morgan fingerprint density at radius 2 is 1.73 bits per heavy atom. The number of hydrogen-bond acceptors (Lipinski definition) is 5. The molecule has 0 spiro atoms. The Hall–Kier alpha value is -2.41. The summed E-state index contributed by atoms with van der Waals surface area (Å²) in [6, 6.07) is 10.4. The Labute approximate surface area is 129 Å². The smallest absolute Gasteiger partial charge is 0.233 e. The lowest BCUT2D eigenvalue weighted by atomic mass is 10.1. The number of nitrogens with one attached hydrogen (secondary N) is 2. The summed E-state index contributed by atoms with van der Waals surface area (Å²) in [6.07, 6.45) is 1.53. The first kappa shape index (κ1) is 16.0. The molecule has 6 nitrogen and oxygen atoms in total. The minimum Gasteiger partial charge on any atom is -0.354 e. The monoisotopic (exact) mass is 319 g/mol. The summed E-state index contributed by atoms with van der Waals surface area (Å²) in [5.74, 6) is 0.289. The molecule has 116 valence electrons. The first-order valence-corrected chi connectivity index (χ1v) is 8.39. The molecule has 0 atom stereocenters. The van der Waals surface area contributed by atoms with Crippen molar-refractivity contribution in [3.05, 3.63) is 48.2 Å². The molecule has 0 saturated carbocycles. The second kappa shape index (κ2) is 6.57. The van der Waals surface area contributed by atoms with Crippen LogP contribution in [0.1, 0.15) is 24.2 Å². The highest BCUT2D eigenvalue weighted by molar-refractivity contribution is 7.92. The van der Waals surface area contributed by atoms with Gasteiger partial charge in [-0.3, -0.25) is 9.52 Å². The third-order valence-electron chi connectivity index (χ3n) is 2.98. The molecule has 2 aromatic rings. The van der Waals surface area contributed by atoms with E-state index in [4.69, 9.17) is 0 Å². The van der Waals surface area contributed by atoms with Gasteiger partial charge in [0.15, 0.2) is 5.78 Å². The molecule has 0 saturated heterocycles. The van der Waals surface area contributed by atoms with Gasteiger partial charge >= 0.3 is 0 Å². The van der Waals surface area contributed by atoms with Crippen LogP contribution in [0.15, 0.2) is 42.6 Å². The van der Waals surface area contributed by atoms with Gasteiger partial charge in [-0.15, -0.1) is 0 Å². The van der Waals surface area contributed by atoms with Crippen molar-refractivity contribution in [1.82, 2.24) is 4.98 Å². The van der Waals surface area contributed by atoms with Crippen LogP contribution in [0, 0.1) is 0 Å². The molecule has 2 rings (SSSR count). The number of aromatic nitrogens is 1. The zero-order chi connectivity index (χ0) is 16.2. The molecule has 0 amide bonds. The molecule has 0 fully saturated rings. The van der Waals surface area contributed by atoms with Gasteiger partial charge in [-0.2, -0.15) is 0 Å². The van der Waals surface area contributed by atoms with E-state index in [1.807, 2.05) is 0 Å². The fourth-order valence-corrected chi connectivity index (χ4v) is 2.30. The summed E-state index contributed by atoms with van der Waals surface area (Å²) < 4.78 is 25.2. The minimum absolute atomic E-state index is 0.00280. The second-order valence-electron chi connectivity index (χ2n) is 4.70. The lowest BCUT2D eigenvalue weighted by molar-refractivity contribution is 0.101.